The quantitative estimate of drug-likeness (QED) is 0.413. The molecule has 0 atom stereocenters. The van der Waals surface area contributed by atoms with Gasteiger partial charge in [0.2, 0.25) is 0 Å². The van der Waals surface area contributed by atoms with Crippen LogP contribution in [0.15, 0.2) is 23.2 Å². The fourth-order valence-electron chi connectivity index (χ4n) is 2.69. The third-order valence-electron chi connectivity index (χ3n) is 4.30. The Morgan fingerprint density at radius 1 is 1.29 bits per heavy atom. The Morgan fingerprint density at radius 2 is 2.04 bits per heavy atom. The van der Waals surface area contributed by atoms with E-state index >= 15 is 0 Å². The smallest absolute Gasteiger partial charge is 0.191 e. The summed E-state index contributed by atoms with van der Waals surface area (Å²) < 4.78 is 19.7. The molecular formula is C17H26FIN4O. The maximum Gasteiger partial charge on any atom is 0.191 e. The molecule has 1 saturated carbocycles. The lowest BCUT2D eigenvalue weighted by molar-refractivity contribution is 0.122. The first kappa shape index (κ1) is 19.2. The molecule has 0 spiro atoms. The van der Waals surface area contributed by atoms with Gasteiger partial charge < -0.3 is 20.3 Å². The normalized spacial score (nSPS) is 18.1. The first-order valence-corrected chi connectivity index (χ1v) is 8.32. The Bertz CT molecular complexity index is 560. The van der Waals surface area contributed by atoms with Gasteiger partial charge in [0.1, 0.15) is 5.82 Å². The van der Waals surface area contributed by atoms with Crippen LogP contribution in [0.25, 0.3) is 0 Å². The van der Waals surface area contributed by atoms with Crippen LogP contribution in [-0.4, -0.2) is 45.9 Å². The summed E-state index contributed by atoms with van der Waals surface area (Å²) in [5.41, 5.74) is 1.57. The van der Waals surface area contributed by atoms with Crippen LogP contribution >= 0.6 is 24.0 Å². The maximum atomic E-state index is 14.3. The van der Waals surface area contributed by atoms with Gasteiger partial charge in [-0.25, -0.2) is 4.39 Å². The van der Waals surface area contributed by atoms with Gasteiger partial charge in [-0.3, -0.25) is 4.99 Å². The summed E-state index contributed by atoms with van der Waals surface area (Å²) in [6.07, 6.45) is 2.61. The minimum absolute atomic E-state index is 0. The van der Waals surface area contributed by atoms with Crippen molar-refractivity contribution in [3.05, 3.63) is 29.6 Å². The highest BCUT2D eigenvalue weighted by Crippen LogP contribution is 2.27. The molecule has 0 unspecified atom stereocenters. The van der Waals surface area contributed by atoms with Gasteiger partial charge in [0.05, 0.1) is 18.9 Å². The van der Waals surface area contributed by atoms with Gasteiger partial charge in [0, 0.05) is 33.2 Å². The van der Waals surface area contributed by atoms with E-state index in [4.69, 9.17) is 4.74 Å². The molecule has 5 nitrogen and oxygen atoms in total. The monoisotopic (exact) mass is 448 g/mol. The standard InChI is InChI=1S/C17H25FN4O.HI/c1-19-17(20-11-13-2-3-13)21-12-14-4-5-16(15(18)10-14)22-6-8-23-9-7-22;/h4-5,10,13H,2-3,6-9,11-12H2,1H3,(H2,19,20,21);1H. The van der Waals surface area contributed by atoms with Gasteiger partial charge in [-0.05, 0) is 36.5 Å². The molecule has 3 rings (SSSR count). The lowest BCUT2D eigenvalue weighted by Crippen LogP contribution is -2.38. The van der Waals surface area contributed by atoms with E-state index in [0.717, 1.165) is 37.1 Å². The first-order chi connectivity index (χ1) is 11.3. The van der Waals surface area contributed by atoms with Crippen molar-refractivity contribution in [1.29, 1.82) is 0 Å². The van der Waals surface area contributed by atoms with Crippen molar-refractivity contribution in [2.75, 3.05) is 44.8 Å². The first-order valence-electron chi connectivity index (χ1n) is 8.32. The van der Waals surface area contributed by atoms with E-state index in [9.17, 15) is 4.39 Å². The van der Waals surface area contributed by atoms with E-state index in [1.54, 1.807) is 13.1 Å². The van der Waals surface area contributed by atoms with Crippen LogP contribution in [0, 0.1) is 11.7 Å². The number of halogens is 2. The molecular weight excluding hydrogens is 422 g/mol. The fourth-order valence-corrected chi connectivity index (χ4v) is 2.69. The van der Waals surface area contributed by atoms with Crippen LogP contribution in [0.2, 0.25) is 0 Å². The van der Waals surface area contributed by atoms with E-state index in [1.807, 2.05) is 17.0 Å². The summed E-state index contributed by atoms with van der Waals surface area (Å²) in [7, 11) is 1.75. The highest BCUT2D eigenvalue weighted by molar-refractivity contribution is 14.0. The number of hydrogen-bond donors (Lipinski definition) is 2. The molecule has 1 aliphatic carbocycles. The minimum Gasteiger partial charge on any atom is -0.378 e. The Morgan fingerprint density at radius 3 is 2.67 bits per heavy atom. The van der Waals surface area contributed by atoms with Crippen molar-refractivity contribution < 1.29 is 9.13 Å². The summed E-state index contributed by atoms with van der Waals surface area (Å²) in [4.78, 5) is 6.23. The Labute approximate surface area is 160 Å². The van der Waals surface area contributed by atoms with Gasteiger partial charge in [-0.1, -0.05) is 6.07 Å². The van der Waals surface area contributed by atoms with Crippen LogP contribution in [0.3, 0.4) is 0 Å². The number of benzene rings is 1. The maximum absolute atomic E-state index is 14.3. The second-order valence-electron chi connectivity index (χ2n) is 6.14. The third-order valence-corrected chi connectivity index (χ3v) is 4.30. The lowest BCUT2D eigenvalue weighted by atomic mass is 10.1. The molecule has 1 aromatic rings. The van der Waals surface area contributed by atoms with E-state index in [2.05, 4.69) is 15.6 Å². The summed E-state index contributed by atoms with van der Waals surface area (Å²) in [5.74, 6) is 1.39. The van der Waals surface area contributed by atoms with E-state index in [1.165, 1.54) is 12.8 Å². The average Bonchev–Trinajstić information content (AvgIpc) is 3.40. The zero-order chi connectivity index (χ0) is 16.1. The van der Waals surface area contributed by atoms with E-state index in [0.29, 0.717) is 25.4 Å². The van der Waals surface area contributed by atoms with Crippen molar-refractivity contribution in [3.63, 3.8) is 0 Å². The number of anilines is 1. The van der Waals surface area contributed by atoms with Crippen molar-refractivity contribution in [2.24, 2.45) is 10.9 Å². The molecule has 0 bridgehead atoms. The molecule has 1 heterocycles. The highest BCUT2D eigenvalue weighted by atomic mass is 127. The molecule has 0 radical (unpaired) electrons. The molecule has 2 N–H and O–H groups in total. The number of morpholine rings is 1. The molecule has 0 amide bonds. The second-order valence-corrected chi connectivity index (χ2v) is 6.14. The van der Waals surface area contributed by atoms with Crippen LogP contribution in [0.5, 0.6) is 0 Å². The molecule has 134 valence electrons. The van der Waals surface area contributed by atoms with Gasteiger partial charge in [-0.15, -0.1) is 24.0 Å². The molecule has 0 aromatic heterocycles. The third kappa shape index (κ3) is 5.47. The largest absolute Gasteiger partial charge is 0.378 e. The molecule has 2 fully saturated rings. The van der Waals surface area contributed by atoms with Crippen molar-refractivity contribution >= 4 is 35.6 Å². The predicted octanol–water partition coefficient (Wildman–Crippen LogP) is 2.36. The molecule has 2 aliphatic rings. The topological polar surface area (TPSA) is 48.9 Å². The molecule has 24 heavy (non-hydrogen) atoms. The minimum atomic E-state index is -0.174. The number of rotatable bonds is 5. The fraction of sp³-hybridized carbons (Fsp3) is 0.588. The number of guanidine groups is 1. The van der Waals surface area contributed by atoms with Gasteiger partial charge in [0.25, 0.3) is 0 Å². The molecule has 1 aliphatic heterocycles. The average molecular weight is 448 g/mol. The van der Waals surface area contributed by atoms with Crippen molar-refractivity contribution in [2.45, 2.75) is 19.4 Å². The van der Waals surface area contributed by atoms with Crippen molar-refractivity contribution in [3.8, 4) is 0 Å². The Balaban J connectivity index is 0.00000208. The zero-order valence-electron chi connectivity index (χ0n) is 14.1. The predicted molar refractivity (Wildman–Crippen MR) is 106 cm³/mol. The molecule has 1 aromatic carbocycles. The summed E-state index contributed by atoms with van der Waals surface area (Å²) in [5, 5.41) is 6.54. The number of ether oxygens (including phenoxy) is 1. The van der Waals surface area contributed by atoms with Crippen LogP contribution in [-0.2, 0) is 11.3 Å². The second kappa shape index (κ2) is 9.41. The van der Waals surface area contributed by atoms with Crippen LogP contribution < -0.4 is 15.5 Å². The van der Waals surface area contributed by atoms with Gasteiger partial charge >= 0.3 is 0 Å². The van der Waals surface area contributed by atoms with Crippen molar-refractivity contribution in [1.82, 2.24) is 10.6 Å². The van der Waals surface area contributed by atoms with Crippen LogP contribution in [0.4, 0.5) is 10.1 Å². The molecule has 1 saturated heterocycles. The number of nitrogens with one attached hydrogen (secondary N) is 2. The zero-order valence-corrected chi connectivity index (χ0v) is 16.4. The Kier molecular flexibility index (Phi) is 7.54. The van der Waals surface area contributed by atoms with Gasteiger partial charge in [0.15, 0.2) is 5.96 Å². The molecule has 7 heteroatoms. The highest BCUT2D eigenvalue weighted by Gasteiger charge is 2.21. The van der Waals surface area contributed by atoms with Crippen LogP contribution in [0.1, 0.15) is 18.4 Å². The summed E-state index contributed by atoms with van der Waals surface area (Å²) >= 11 is 0. The lowest BCUT2D eigenvalue weighted by Gasteiger charge is -2.29. The van der Waals surface area contributed by atoms with Gasteiger partial charge in [-0.2, -0.15) is 0 Å². The number of hydrogen-bond acceptors (Lipinski definition) is 3. The number of aliphatic imine (C=N–C) groups is 1. The SMILES string of the molecule is CN=C(NCc1ccc(N2CCOCC2)c(F)c1)NCC1CC1.I. The number of nitrogens with zero attached hydrogens (tertiary/aromatic N) is 2. The van der Waals surface area contributed by atoms with E-state index in [-0.39, 0.29) is 29.8 Å². The Hall–Kier alpha value is -1.09. The summed E-state index contributed by atoms with van der Waals surface area (Å²) in [6, 6.07) is 5.43. The van der Waals surface area contributed by atoms with E-state index < -0.39 is 0 Å². The summed E-state index contributed by atoms with van der Waals surface area (Å²) in [6.45, 7) is 4.32.